The second kappa shape index (κ2) is 4.57. The smallest absolute Gasteiger partial charge is 0.228 e. The molecule has 4 aliphatic rings. The number of carbonyl (C=O) groups excluding carboxylic acids is 1. The highest BCUT2D eigenvalue weighted by Gasteiger charge is 2.72. The lowest BCUT2D eigenvalue weighted by atomic mass is 9.56. The summed E-state index contributed by atoms with van der Waals surface area (Å²) in [6.45, 7) is 10.8. The molecule has 4 nitrogen and oxygen atoms in total. The highest BCUT2D eigenvalue weighted by molar-refractivity contribution is 5.81. The molecule has 4 heteroatoms. The van der Waals surface area contributed by atoms with Crippen molar-refractivity contribution in [3.05, 3.63) is 12.7 Å². The minimum absolute atomic E-state index is 0.00949. The third kappa shape index (κ3) is 1.63. The minimum atomic E-state index is -0.528. The number of nitrogens with zero attached hydrogens (tertiary/aromatic N) is 1. The largest absolute Gasteiger partial charge is 0.338 e. The van der Waals surface area contributed by atoms with Gasteiger partial charge in [-0.1, -0.05) is 19.9 Å². The van der Waals surface area contributed by atoms with Crippen LogP contribution in [0.1, 0.15) is 46.5 Å². The van der Waals surface area contributed by atoms with Gasteiger partial charge in [0.15, 0.2) is 12.0 Å². The molecule has 3 heterocycles. The monoisotopic (exact) mass is 305 g/mol. The first kappa shape index (κ1) is 14.7. The van der Waals surface area contributed by atoms with Crippen LogP contribution >= 0.6 is 0 Å². The highest BCUT2D eigenvalue weighted by Crippen LogP contribution is 2.63. The molecule has 0 N–H and O–H groups in total. The summed E-state index contributed by atoms with van der Waals surface area (Å²) in [5.41, 5.74) is -0.305. The summed E-state index contributed by atoms with van der Waals surface area (Å²) in [4.78, 5) is 14.8. The number of rotatable bonds is 2. The summed E-state index contributed by atoms with van der Waals surface area (Å²) < 4.78 is 13.0. The van der Waals surface area contributed by atoms with Crippen LogP contribution in [0.4, 0.5) is 0 Å². The SMILES string of the molecule is C=CCN1C(=O)[C@H](C)[C@@H]2CC[C@@H](C)[C@@H]3CC[C@]4(C)O[C@@H]1[C@@]32O4. The minimum Gasteiger partial charge on any atom is -0.338 e. The summed E-state index contributed by atoms with van der Waals surface area (Å²) in [5.74, 6) is 1.10. The molecule has 0 radical (unpaired) electrons. The second-order valence-corrected chi connectivity index (χ2v) is 7.93. The zero-order valence-corrected chi connectivity index (χ0v) is 13.9. The first-order valence-corrected chi connectivity index (χ1v) is 8.72. The van der Waals surface area contributed by atoms with Gasteiger partial charge in [-0.3, -0.25) is 4.79 Å². The molecule has 1 spiro atoms. The standard InChI is InChI=1S/C18H27NO3/c1-5-10-19-15(20)12(3)14-7-6-11(2)13-8-9-17(4)21-16(19)18(13,14)22-17/h5,11-14,16H,1,6-10H2,2-4H3/t11-,12-,13+,14+,16-,17-,18-/m1/s1. The van der Waals surface area contributed by atoms with Gasteiger partial charge in [0.25, 0.3) is 0 Å². The molecule has 1 amide bonds. The van der Waals surface area contributed by atoms with E-state index in [9.17, 15) is 4.79 Å². The van der Waals surface area contributed by atoms with Crippen molar-refractivity contribution in [3.8, 4) is 0 Å². The van der Waals surface area contributed by atoms with Crippen LogP contribution in [0, 0.1) is 23.7 Å². The molecule has 0 aromatic heterocycles. The number of carbonyl (C=O) groups is 1. The molecule has 7 atom stereocenters. The summed E-state index contributed by atoms with van der Waals surface area (Å²) in [6, 6.07) is 0. The van der Waals surface area contributed by atoms with E-state index >= 15 is 0 Å². The number of hydrogen-bond acceptors (Lipinski definition) is 3. The van der Waals surface area contributed by atoms with E-state index in [4.69, 9.17) is 9.47 Å². The lowest BCUT2D eigenvalue weighted by Crippen LogP contribution is -2.70. The van der Waals surface area contributed by atoms with Gasteiger partial charge in [-0.05, 0) is 38.0 Å². The Morgan fingerprint density at radius 2 is 2.09 bits per heavy atom. The third-order valence-corrected chi connectivity index (χ3v) is 6.71. The van der Waals surface area contributed by atoms with Gasteiger partial charge in [0, 0.05) is 24.8 Å². The van der Waals surface area contributed by atoms with Gasteiger partial charge in [0.05, 0.1) is 0 Å². The van der Waals surface area contributed by atoms with Gasteiger partial charge in [-0.15, -0.1) is 6.58 Å². The molecule has 1 saturated carbocycles. The fraction of sp³-hybridized carbons (Fsp3) is 0.833. The van der Waals surface area contributed by atoms with Crippen molar-refractivity contribution in [1.82, 2.24) is 4.90 Å². The van der Waals surface area contributed by atoms with E-state index in [1.807, 2.05) is 11.8 Å². The van der Waals surface area contributed by atoms with Crippen molar-refractivity contribution in [2.24, 2.45) is 23.7 Å². The van der Waals surface area contributed by atoms with E-state index in [2.05, 4.69) is 20.4 Å². The van der Waals surface area contributed by atoms with Crippen molar-refractivity contribution in [3.63, 3.8) is 0 Å². The van der Waals surface area contributed by atoms with Crippen molar-refractivity contribution in [1.29, 1.82) is 0 Å². The molecule has 0 unspecified atom stereocenters. The van der Waals surface area contributed by atoms with E-state index < -0.39 is 5.79 Å². The maximum atomic E-state index is 12.9. The summed E-state index contributed by atoms with van der Waals surface area (Å²) in [6.07, 6.45) is 5.91. The van der Waals surface area contributed by atoms with E-state index in [-0.39, 0.29) is 29.6 Å². The van der Waals surface area contributed by atoms with Crippen molar-refractivity contribution in [2.45, 2.75) is 64.1 Å². The molecule has 4 rings (SSSR count). The molecular weight excluding hydrogens is 278 g/mol. The molecule has 1 aliphatic carbocycles. The average molecular weight is 305 g/mol. The number of amides is 1. The molecule has 0 aromatic carbocycles. The maximum absolute atomic E-state index is 12.9. The maximum Gasteiger partial charge on any atom is 0.228 e. The van der Waals surface area contributed by atoms with E-state index in [0.29, 0.717) is 18.4 Å². The molecule has 2 bridgehead atoms. The third-order valence-electron chi connectivity index (χ3n) is 6.71. The molecule has 0 aromatic rings. The molecule has 3 saturated heterocycles. The van der Waals surface area contributed by atoms with Crippen LogP contribution in [0.3, 0.4) is 0 Å². The molecular formula is C18H27NO3. The predicted molar refractivity (Wildman–Crippen MR) is 82.8 cm³/mol. The Kier molecular flexibility index (Phi) is 3.06. The fourth-order valence-corrected chi connectivity index (χ4v) is 5.74. The predicted octanol–water partition coefficient (Wildman–Crippen LogP) is 2.93. The summed E-state index contributed by atoms with van der Waals surface area (Å²) in [7, 11) is 0. The van der Waals surface area contributed by atoms with Crippen LogP contribution in [0.2, 0.25) is 0 Å². The number of likely N-dealkylation sites (tertiary alicyclic amines) is 1. The summed E-state index contributed by atoms with van der Waals surface area (Å²) >= 11 is 0. The zero-order valence-electron chi connectivity index (χ0n) is 13.9. The van der Waals surface area contributed by atoms with Gasteiger partial charge in [0.2, 0.25) is 5.91 Å². The van der Waals surface area contributed by atoms with Gasteiger partial charge in [-0.2, -0.15) is 0 Å². The Labute approximate surface area is 132 Å². The topological polar surface area (TPSA) is 38.8 Å². The zero-order chi connectivity index (χ0) is 15.7. The van der Waals surface area contributed by atoms with Crippen LogP contribution in [-0.2, 0) is 14.3 Å². The average Bonchev–Trinajstić information content (AvgIpc) is 2.70. The van der Waals surface area contributed by atoms with Gasteiger partial charge in [0.1, 0.15) is 5.60 Å². The van der Waals surface area contributed by atoms with Crippen LogP contribution in [-0.4, -0.2) is 35.0 Å². The molecule has 22 heavy (non-hydrogen) atoms. The number of piperidine rings is 1. The highest BCUT2D eigenvalue weighted by atomic mass is 16.8. The van der Waals surface area contributed by atoms with Crippen molar-refractivity contribution < 1.29 is 14.3 Å². The first-order valence-electron chi connectivity index (χ1n) is 8.72. The van der Waals surface area contributed by atoms with Gasteiger partial charge >= 0.3 is 0 Å². The fourth-order valence-electron chi connectivity index (χ4n) is 5.74. The van der Waals surface area contributed by atoms with Crippen LogP contribution in [0.25, 0.3) is 0 Å². The van der Waals surface area contributed by atoms with Crippen molar-refractivity contribution in [2.75, 3.05) is 6.54 Å². The Bertz CT molecular complexity index is 520. The van der Waals surface area contributed by atoms with E-state index in [0.717, 1.165) is 19.3 Å². The normalized spacial score (nSPS) is 53.3. The first-order chi connectivity index (χ1) is 10.4. The molecule has 122 valence electrons. The van der Waals surface area contributed by atoms with Crippen LogP contribution in [0.15, 0.2) is 12.7 Å². The van der Waals surface area contributed by atoms with Crippen LogP contribution < -0.4 is 0 Å². The Morgan fingerprint density at radius 3 is 2.82 bits per heavy atom. The van der Waals surface area contributed by atoms with E-state index in [1.54, 1.807) is 6.08 Å². The number of fused-ring (bicyclic) bond motifs is 1. The Balaban J connectivity index is 1.85. The lowest BCUT2D eigenvalue weighted by molar-refractivity contribution is -0.254. The molecule has 3 aliphatic heterocycles. The lowest BCUT2D eigenvalue weighted by Gasteiger charge is -2.59. The number of hydrogen-bond donors (Lipinski definition) is 0. The molecule has 4 fully saturated rings. The summed E-state index contributed by atoms with van der Waals surface area (Å²) in [5, 5.41) is 0. The van der Waals surface area contributed by atoms with Crippen LogP contribution in [0.5, 0.6) is 0 Å². The second-order valence-electron chi connectivity index (χ2n) is 7.93. The quantitative estimate of drug-likeness (QED) is 0.736. The van der Waals surface area contributed by atoms with E-state index in [1.165, 1.54) is 6.42 Å². The Morgan fingerprint density at radius 1 is 1.32 bits per heavy atom. The Hall–Kier alpha value is -0.870. The van der Waals surface area contributed by atoms with Gasteiger partial charge in [-0.25, -0.2) is 0 Å². The number of ether oxygens (including phenoxy) is 2. The van der Waals surface area contributed by atoms with Gasteiger partial charge < -0.3 is 14.4 Å². The van der Waals surface area contributed by atoms with Crippen molar-refractivity contribution >= 4 is 5.91 Å².